The summed E-state index contributed by atoms with van der Waals surface area (Å²) in [6.45, 7) is 0.0478. The first-order valence-electron chi connectivity index (χ1n) is 6.30. The Bertz CT molecular complexity index is 901. The summed E-state index contributed by atoms with van der Waals surface area (Å²) < 4.78 is 39.3. The molecular weight excluding hydrogens is 353 g/mol. The summed E-state index contributed by atoms with van der Waals surface area (Å²) >= 11 is 6.47. The minimum absolute atomic E-state index is 0.0439. The zero-order valence-electron chi connectivity index (χ0n) is 11.3. The van der Waals surface area contributed by atoms with Crippen LogP contribution in [0.1, 0.15) is 20.1 Å². The lowest BCUT2D eigenvalue weighted by molar-refractivity contribution is -0.134. The van der Waals surface area contributed by atoms with Crippen LogP contribution in [0.4, 0.5) is 13.2 Å². The Labute approximate surface area is 136 Å². The predicted molar refractivity (Wildman–Crippen MR) is 80.1 cm³/mol. The molecule has 0 radical (unpaired) electrons. The first-order chi connectivity index (χ1) is 10.8. The number of rotatable bonds is 3. The zero-order valence-corrected chi connectivity index (χ0v) is 12.8. The lowest BCUT2D eigenvalue weighted by Crippen LogP contribution is -2.05. The number of benzene rings is 1. The summed E-state index contributed by atoms with van der Waals surface area (Å²) in [4.78, 5) is 11.1. The molecule has 0 fully saturated rings. The summed E-state index contributed by atoms with van der Waals surface area (Å²) in [5, 5.41) is 14.1. The fraction of sp³-hybridized carbons (Fsp3) is 0.143. The molecule has 0 bridgehead atoms. The van der Waals surface area contributed by atoms with E-state index in [9.17, 15) is 23.1 Å². The van der Waals surface area contributed by atoms with E-state index in [0.29, 0.717) is 27.1 Å². The van der Waals surface area contributed by atoms with Gasteiger partial charge in [0.15, 0.2) is 0 Å². The fourth-order valence-corrected chi connectivity index (χ4v) is 3.33. The maximum absolute atomic E-state index is 12.6. The van der Waals surface area contributed by atoms with Crippen LogP contribution in [0.25, 0.3) is 10.9 Å². The third-order valence-electron chi connectivity index (χ3n) is 3.18. The van der Waals surface area contributed by atoms with Crippen LogP contribution in [0, 0.1) is 0 Å². The molecule has 120 valence electrons. The number of thiophene rings is 1. The quantitative estimate of drug-likeness (QED) is 0.747. The van der Waals surface area contributed by atoms with Crippen LogP contribution < -0.4 is 0 Å². The van der Waals surface area contributed by atoms with E-state index in [1.54, 1.807) is 6.07 Å². The zero-order chi connectivity index (χ0) is 16.8. The van der Waals surface area contributed by atoms with Crippen molar-refractivity contribution in [2.45, 2.75) is 12.7 Å². The monoisotopic (exact) mass is 360 g/mol. The van der Waals surface area contributed by atoms with Gasteiger partial charge in [-0.1, -0.05) is 11.6 Å². The average molecular weight is 361 g/mol. The molecule has 3 aromatic rings. The molecule has 0 aliphatic carbocycles. The van der Waals surface area contributed by atoms with Crippen molar-refractivity contribution in [3.63, 3.8) is 0 Å². The third-order valence-corrected chi connectivity index (χ3v) is 4.51. The normalized spacial score (nSPS) is 12.0. The van der Waals surface area contributed by atoms with Gasteiger partial charge in [0.05, 0.1) is 23.8 Å². The summed E-state index contributed by atoms with van der Waals surface area (Å²) in [5.41, 5.74) is 0.279. The molecule has 0 aliphatic heterocycles. The molecule has 3 rings (SSSR count). The SMILES string of the molecule is O=C(O)c1cc(Cl)cc2cnn(Cc3ccc(C(F)(F)F)s3)c12. The van der Waals surface area contributed by atoms with Crippen molar-refractivity contribution in [3.8, 4) is 0 Å². The predicted octanol–water partition coefficient (Wildman–Crippen LogP) is 4.52. The molecule has 0 unspecified atom stereocenters. The van der Waals surface area contributed by atoms with Gasteiger partial charge in [-0.2, -0.15) is 18.3 Å². The van der Waals surface area contributed by atoms with Crippen molar-refractivity contribution in [1.29, 1.82) is 0 Å². The average Bonchev–Trinajstić information content (AvgIpc) is 3.05. The van der Waals surface area contributed by atoms with Gasteiger partial charge in [-0.3, -0.25) is 4.68 Å². The van der Waals surface area contributed by atoms with E-state index < -0.39 is 17.0 Å². The molecular formula is C14H8ClF3N2O2S. The van der Waals surface area contributed by atoms with Crippen molar-refractivity contribution in [2.24, 2.45) is 0 Å². The van der Waals surface area contributed by atoms with E-state index in [1.807, 2.05) is 0 Å². The van der Waals surface area contributed by atoms with Crippen molar-refractivity contribution >= 4 is 39.8 Å². The smallest absolute Gasteiger partial charge is 0.425 e. The number of halogens is 4. The number of carboxylic acids is 1. The van der Waals surface area contributed by atoms with Gasteiger partial charge in [0.2, 0.25) is 0 Å². The molecule has 23 heavy (non-hydrogen) atoms. The maximum Gasteiger partial charge on any atom is 0.425 e. The minimum atomic E-state index is -4.39. The number of fused-ring (bicyclic) bond motifs is 1. The highest BCUT2D eigenvalue weighted by Gasteiger charge is 2.32. The Morgan fingerprint density at radius 3 is 2.70 bits per heavy atom. The molecule has 0 saturated carbocycles. The van der Waals surface area contributed by atoms with Crippen molar-refractivity contribution in [1.82, 2.24) is 9.78 Å². The number of nitrogens with zero attached hydrogens (tertiary/aromatic N) is 2. The molecule has 9 heteroatoms. The first kappa shape index (κ1) is 15.8. The Morgan fingerprint density at radius 1 is 1.35 bits per heavy atom. The molecule has 0 amide bonds. The lowest BCUT2D eigenvalue weighted by Gasteiger charge is -2.05. The number of hydrogen-bond acceptors (Lipinski definition) is 3. The number of aromatic nitrogens is 2. The number of hydrogen-bond donors (Lipinski definition) is 1. The number of aromatic carboxylic acids is 1. The second-order valence-corrected chi connectivity index (χ2v) is 6.37. The van der Waals surface area contributed by atoms with Gasteiger partial charge < -0.3 is 5.11 Å². The van der Waals surface area contributed by atoms with E-state index in [-0.39, 0.29) is 17.1 Å². The van der Waals surface area contributed by atoms with Gasteiger partial charge >= 0.3 is 12.1 Å². The van der Waals surface area contributed by atoms with Crippen molar-refractivity contribution in [2.75, 3.05) is 0 Å². The standard InChI is InChI=1S/C14H8ClF3N2O2S/c15-8-3-7-5-19-20(12(7)10(4-8)13(21)22)6-9-1-2-11(23-9)14(16,17)18/h1-5H,6H2,(H,21,22). The highest BCUT2D eigenvalue weighted by molar-refractivity contribution is 7.12. The molecule has 1 N–H and O–H groups in total. The van der Waals surface area contributed by atoms with Gasteiger partial charge in [-0.25, -0.2) is 4.79 Å². The van der Waals surface area contributed by atoms with E-state index in [2.05, 4.69) is 5.10 Å². The Hall–Kier alpha value is -2.06. The van der Waals surface area contributed by atoms with Crippen LogP contribution in [0.15, 0.2) is 30.5 Å². The second-order valence-electron chi connectivity index (χ2n) is 4.76. The molecule has 0 atom stereocenters. The van der Waals surface area contributed by atoms with E-state index in [0.717, 1.165) is 6.07 Å². The van der Waals surface area contributed by atoms with E-state index >= 15 is 0 Å². The molecule has 2 heterocycles. The number of carbonyl (C=O) groups is 1. The van der Waals surface area contributed by atoms with Crippen molar-refractivity contribution < 1.29 is 23.1 Å². The fourth-order valence-electron chi connectivity index (χ4n) is 2.24. The lowest BCUT2D eigenvalue weighted by atomic mass is 10.1. The van der Waals surface area contributed by atoms with Crippen LogP contribution in [0.2, 0.25) is 5.02 Å². The van der Waals surface area contributed by atoms with Gasteiger partial charge in [0.25, 0.3) is 0 Å². The summed E-state index contributed by atoms with van der Waals surface area (Å²) in [5.74, 6) is -1.18. The molecule has 2 aromatic heterocycles. The maximum atomic E-state index is 12.6. The summed E-state index contributed by atoms with van der Waals surface area (Å²) in [6, 6.07) is 5.21. The van der Waals surface area contributed by atoms with Crippen LogP contribution in [0.3, 0.4) is 0 Å². The number of carboxylic acid groups (broad SMARTS) is 1. The first-order valence-corrected chi connectivity index (χ1v) is 7.49. The Morgan fingerprint density at radius 2 is 2.09 bits per heavy atom. The van der Waals surface area contributed by atoms with Gasteiger partial charge in [0.1, 0.15) is 4.88 Å². The van der Waals surface area contributed by atoms with Crippen LogP contribution in [-0.4, -0.2) is 20.9 Å². The molecule has 0 saturated heterocycles. The highest BCUT2D eigenvalue weighted by Crippen LogP contribution is 2.35. The Kier molecular flexibility index (Phi) is 3.81. The van der Waals surface area contributed by atoms with Crippen LogP contribution in [-0.2, 0) is 12.7 Å². The van der Waals surface area contributed by atoms with Gasteiger partial charge in [-0.15, -0.1) is 11.3 Å². The van der Waals surface area contributed by atoms with Crippen LogP contribution in [0.5, 0.6) is 0 Å². The van der Waals surface area contributed by atoms with Gasteiger partial charge in [0, 0.05) is 15.3 Å². The molecule has 0 aliphatic rings. The minimum Gasteiger partial charge on any atom is -0.478 e. The van der Waals surface area contributed by atoms with Gasteiger partial charge in [-0.05, 0) is 24.3 Å². The van der Waals surface area contributed by atoms with Crippen LogP contribution >= 0.6 is 22.9 Å². The second kappa shape index (κ2) is 5.54. The summed E-state index contributed by atoms with van der Waals surface area (Å²) in [6.07, 6.45) is -2.96. The van der Waals surface area contributed by atoms with E-state index in [4.69, 9.17) is 11.6 Å². The molecule has 1 aromatic carbocycles. The third kappa shape index (κ3) is 3.04. The van der Waals surface area contributed by atoms with E-state index in [1.165, 1.54) is 23.0 Å². The highest BCUT2D eigenvalue weighted by atomic mass is 35.5. The molecule has 0 spiro atoms. The Balaban J connectivity index is 2.04. The van der Waals surface area contributed by atoms with Crippen molar-refractivity contribution in [3.05, 3.63) is 50.8 Å². The summed E-state index contributed by atoms with van der Waals surface area (Å²) in [7, 11) is 0. The number of alkyl halides is 3. The molecule has 4 nitrogen and oxygen atoms in total. The topological polar surface area (TPSA) is 55.1 Å². The largest absolute Gasteiger partial charge is 0.478 e.